The van der Waals surface area contributed by atoms with Crippen molar-refractivity contribution in [1.29, 1.82) is 0 Å². The molecule has 101 heavy (non-hydrogen) atoms. The van der Waals surface area contributed by atoms with Gasteiger partial charge < -0.3 is 96.8 Å². The molecule has 0 aliphatic rings. The zero-order chi connectivity index (χ0) is 76.4. The maximum Gasteiger partial charge on any atom is 0.245 e. The van der Waals surface area contributed by atoms with Gasteiger partial charge in [-0.15, -0.1) is 0 Å². The van der Waals surface area contributed by atoms with Gasteiger partial charge in [-0.2, -0.15) is 0 Å². The fourth-order valence-electron chi connectivity index (χ4n) is 10.7. The van der Waals surface area contributed by atoms with Crippen molar-refractivity contribution >= 4 is 76.7 Å². The third-order valence-electron chi connectivity index (χ3n) is 16.6. The van der Waals surface area contributed by atoms with E-state index >= 15 is 0 Å². The number of Topliss-reactive ketones (excluding diaryl/α,β-unsaturated/α-hetero) is 1. The van der Waals surface area contributed by atoms with Crippen molar-refractivity contribution in [3.63, 3.8) is 0 Å². The summed E-state index contributed by atoms with van der Waals surface area (Å²) in [5, 5.41) is 47.5. The summed E-state index contributed by atoms with van der Waals surface area (Å²) < 4.78 is 5.24. The van der Waals surface area contributed by atoms with Crippen molar-refractivity contribution in [3.8, 4) is 11.5 Å². The molecular formula is C70H116N16O15. The number of carbonyl (C=O) groups excluding carboxylic acids is 12. The standard InChI is InChI=1S/C70H116N16O15/c1-14-41(10)57(68(99)81-52(59(73)90)33-38(4)5)85-64(95)51(28-29-56(89)45-22-26-47(101-13)27-23-45)80-65(96)53(34-39(6)7)83-66(97)54(35-40(8)9)82-63(94)49(18-15-16-30-71)78-62(93)50(19-17-31-76-70(74)75)79-67(98)55(36-44-20-24-46(88)25-21-44)84-69(100)58(43(12)87)86-60(91)42(11)77-61(92)48(72)32-37(2)3/h20-27,37-43,48-55,57-58,87-88H,14-19,28-36,71-72H2,1-13H3,(H2,73,90)(H,77,92)(H,78,93)(H,79,98)(H,80,96)(H,81,99)(H,82,94)(H,83,97)(H,84,100)(H,85,95)(H,86,91)(H4,74,75,76)/t41-,42-,43+,48+,49-,50-,51-,52+,53-,54-,55+,57-,58-/m0/s1. The minimum atomic E-state index is -1.70. The second-order valence-corrected chi connectivity index (χ2v) is 27.6. The number of amides is 11. The number of rotatable bonds is 47. The summed E-state index contributed by atoms with van der Waals surface area (Å²) in [7, 11) is 1.47. The zero-order valence-corrected chi connectivity index (χ0v) is 61.1. The number of aliphatic hydroxyl groups is 1. The number of hydrogen-bond acceptors (Lipinski definition) is 18. The number of benzene rings is 2. The van der Waals surface area contributed by atoms with Crippen LogP contribution in [-0.4, -0.2) is 180 Å². The highest BCUT2D eigenvalue weighted by molar-refractivity contribution is 6.00. The molecule has 0 spiro atoms. The van der Waals surface area contributed by atoms with E-state index in [0.717, 1.165) is 0 Å². The van der Waals surface area contributed by atoms with Crippen molar-refractivity contribution in [2.45, 2.75) is 239 Å². The lowest BCUT2D eigenvalue weighted by Crippen LogP contribution is -2.62. The smallest absolute Gasteiger partial charge is 0.245 e. The molecular weight excluding hydrogens is 1300 g/mol. The number of nitrogens with two attached hydrogens (primary N) is 5. The number of nitrogens with one attached hydrogen (secondary N) is 10. The Labute approximate surface area is 593 Å². The van der Waals surface area contributed by atoms with E-state index in [9.17, 15) is 67.7 Å². The summed E-state index contributed by atoms with van der Waals surface area (Å²) in [6, 6.07) is -2.92. The Bertz CT molecular complexity index is 3050. The van der Waals surface area contributed by atoms with E-state index < -0.39 is 149 Å². The first kappa shape index (κ1) is 88.1. The van der Waals surface area contributed by atoms with E-state index in [-0.39, 0.29) is 118 Å². The van der Waals surface area contributed by atoms with Gasteiger partial charge in [0.1, 0.15) is 71.9 Å². The highest BCUT2D eigenvalue weighted by atomic mass is 16.5. The Hall–Kier alpha value is -8.97. The number of unbranched alkanes of at least 4 members (excludes halogenated alkanes) is 1. The number of ketones is 1. The first-order chi connectivity index (χ1) is 47.4. The number of hydrogen-bond donors (Lipinski definition) is 17. The highest BCUT2D eigenvalue weighted by Crippen LogP contribution is 2.19. The Morgan fingerprint density at radius 1 is 0.475 bits per heavy atom. The zero-order valence-electron chi connectivity index (χ0n) is 61.1. The summed E-state index contributed by atoms with van der Waals surface area (Å²) in [6.07, 6.45) is -0.908. The number of carbonyl (C=O) groups is 12. The third kappa shape index (κ3) is 32.9. The molecule has 0 saturated carbocycles. The Morgan fingerprint density at radius 2 is 0.901 bits per heavy atom. The van der Waals surface area contributed by atoms with E-state index in [1.54, 1.807) is 65.8 Å². The quantitative estimate of drug-likeness (QED) is 0.0181. The maximum absolute atomic E-state index is 14.8. The molecule has 0 radical (unpaired) electrons. The van der Waals surface area contributed by atoms with Gasteiger partial charge in [-0.1, -0.05) is 87.8 Å². The number of primary amides is 1. The number of aliphatic imine (C=N–C) groups is 1. The molecule has 2 rings (SSSR count). The summed E-state index contributed by atoms with van der Waals surface area (Å²) >= 11 is 0. The van der Waals surface area contributed by atoms with Crippen LogP contribution in [0, 0.1) is 29.6 Å². The molecule has 0 aliphatic carbocycles. The SMILES string of the molecule is CC[C@H](C)[C@H](NC(=O)[C@H](CCC(=O)c1ccc(OC)cc1)NC(=O)[C@H](CC(C)C)NC(=O)[C@H](CC(C)C)NC(=O)[C@H](CCCCN)NC(=O)[C@H](CCCN=C(N)N)NC(=O)[C@@H](Cc1ccc(O)cc1)NC(=O)[C@@H](NC(=O)[C@H](C)NC(=O)[C@H](N)CC(C)C)[C@@H](C)O)C(=O)N[C@H](CC(C)C)C(N)=O. The molecule has 0 unspecified atom stereocenters. The number of nitrogens with zero attached hydrogens (tertiary/aromatic N) is 1. The van der Waals surface area contributed by atoms with Gasteiger partial charge in [0.25, 0.3) is 0 Å². The molecule has 0 bridgehead atoms. The molecule has 0 saturated heterocycles. The van der Waals surface area contributed by atoms with Gasteiger partial charge in [-0.3, -0.25) is 62.5 Å². The van der Waals surface area contributed by atoms with E-state index in [0.29, 0.717) is 30.6 Å². The number of aliphatic hydroxyl groups excluding tert-OH is 1. The predicted molar refractivity (Wildman–Crippen MR) is 382 cm³/mol. The van der Waals surface area contributed by atoms with Crippen molar-refractivity contribution in [2.24, 2.45) is 63.3 Å². The van der Waals surface area contributed by atoms with Gasteiger partial charge in [0.2, 0.25) is 65.0 Å². The van der Waals surface area contributed by atoms with Crippen LogP contribution in [-0.2, 0) is 59.2 Å². The highest BCUT2D eigenvalue weighted by Gasteiger charge is 2.38. The lowest BCUT2D eigenvalue weighted by atomic mass is 9.95. The van der Waals surface area contributed by atoms with Gasteiger partial charge in [0.15, 0.2) is 11.7 Å². The van der Waals surface area contributed by atoms with Gasteiger partial charge in [0, 0.05) is 24.9 Å². The van der Waals surface area contributed by atoms with Crippen LogP contribution in [0.2, 0.25) is 0 Å². The number of guanidine groups is 1. The lowest BCUT2D eigenvalue weighted by molar-refractivity contribution is -0.137. The van der Waals surface area contributed by atoms with Gasteiger partial charge in [0.05, 0.1) is 19.3 Å². The van der Waals surface area contributed by atoms with E-state index in [2.05, 4.69) is 58.2 Å². The fraction of sp³-hybridized carbons (Fsp3) is 0.643. The van der Waals surface area contributed by atoms with Gasteiger partial charge in [-0.05, 0) is 156 Å². The van der Waals surface area contributed by atoms with Crippen molar-refractivity contribution in [1.82, 2.24) is 53.2 Å². The maximum atomic E-state index is 14.8. The van der Waals surface area contributed by atoms with Crippen LogP contribution in [0.1, 0.15) is 176 Å². The largest absolute Gasteiger partial charge is 0.508 e. The van der Waals surface area contributed by atoms with Crippen LogP contribution in [0.15, 0.2) is 53.5 Å². The first-order valence-electron chi connectivity index (χ1n) is 34.9. The lowest BCUT2D eigenvalue weighted by Gasteiger charge is -2.30. The molecule has 22 N–H and O–H groups in total. The molecule has 2 aromatic carbocycles. The molecule has 13 atom stereocenters. The van der Waals surface area contributed by atoms with Gasteiger partial charge in [-0.25, -0.2) is 0 Å². The molecule has 0 aromatic heterocycles. The molecule has 566 valence electrons. The summed E-state index contributed by atoms with van der Waals surface area (Å²) in [5.74, 6) is -10.5. The third-order valence-corrected chi connectivity index (χ3v) is 16.6. The second kappa shape index (κ2) is 45.0. The summed E-state index contributed by atoms with van der Waals surface area (Å²) in [6.45, 7) is 20.8. The van der Waals surface area contributed by atoms with E-state index in [1.165, 1.54) is 45.2 Å². The number of phenols is 1. The minimum absolute atomic E-state index is 0.00141. The van der Waals surface area contributed by atoms with Gasteiger partial charge >= 0.3 is 0 Å². The molecule has 2 aromatic rings. The minimum Gasteiger partial charge on any atom is -0.508 e. The van der Waals surface area contributed by atoms with Crippen molar-refractivity contribution < 1.29 is 72.5 Å². The van der Waals surface area contributed by atoms with Crippen LogP contribution >= 0.6 is 0 Å². The summed E-state index contributed by atoms with van der Waals surface area (Å²) in [5.41, 5.74) is 29.5. The van der Waals surface area contributed by atoms with E-state index in [1.807, 2.05) is 27.7 Å². The van der Waals surface area contributed by atoms with Crippen LogP contribution in [0.3, 0.4) is 0 Å². The Kier molecular flexibility index (Phi) is 39.3. The number of phenolic OH excluding ortho intramolecular Hbond substituents is 1. The second-order valence-electron chi connectivity index (χ2n) is 27.6. The van der Waals surface area contributed by atoms with Crippen LogP contribution in [0.5, 0.6) is 11.5 Å². The Balaban J connectivity index is 2.64. The van der Waals surface area contributed by atoms with Crippen molar-refractivity contribution in [2.75, 3.05) is 20.2 Å². The van der Waals surface area contributed by atoms with Crippen LogP contribution in [0.25, 0.3) is 0 Å². The monoisotopic (exact) mass is 1420 g/mol. The predicted octanol–water partition coefficient (Wildman–Crippen LogP) is 0.0808. The molecule has 31 nitrogen and oxygen atoms in total. The molecule has 31 heteroatoms. The molecule has 0 heterocycles. The van der Waals surface area contributed by atoms with E-state index in [4.69, 9.17) is 33.4 Å². The fourth-order valence-corrected chi connectivity index (χ4v) is 10.7. The number of methoxy groups -OCH3 is 1. The number of aromatic hydroxyl groups is 1. The van der Waals surface area contributed by atoms with Crippen molar-refractivity contribution in [3.05, 3.63) is 59.7 Å². The average Bonchev–Trinajstić information content (AvgIpc) is 0.854. The normalized spacial score (nSPS) is 15.2. The first-order valence-corrected chi connectivity index (χ1v) is 34.9. The summed E-state index contributed by atoms with van der Waals surface area (Å²) in [4.78, 5) is 173. The number of ether oxygens (including phenoxy) is 1. The van der Waals surface area contributed by atoms with Crippen LogP contribution in [0.4, 0.5) is 0 Å². The topological polar surface area (TPSA) is 517 Å². The van der Waals surface area contributed by atoms with Crippen LogP contribution < -0.4 is 86.6 Å². The average molecular weight is 1420 g/mol. The molecule has 0 aliphatic heterocycles. The molecule has 0 fully saturated rings. The molecule has 11 amide bonds. The Morgan fingerprint density at radius 3 is 1.37 bits per heavy atom.